The Morgan fingerprint density at radius 3 is 2.58 bits per heavy atom. The van der Waals surface area contributed by atoms with Crippen LogP contribution < -0.4 is 10.2 Å². The third-order valence-corrected chi connectivity index (χ3v) is 3.40. The number of carbonyl (C=O) groups excluding carboxylic acids is 1. The fourth-order valence-corrected chi connectivity index (χ4v) is 2.14. The minimum Gasteiger partial charge on any atom is -0.481 e. The van der Waals surface area contributed by atoms with Crippen molar-refractivity contribution in [1.82, 2.24) is 5.32 Å². The maximum Gasteiger partial charge on any atom is 0.309 e. The van der Waals surface area contributed by atoms with E-state index in [-0.39, 0.29) is 18.5 Å². The van der Waals surface area contributed by atoms with Gasteiger partial charge in [0, 0.05) is 18.8 Å². The number of carbonyl (C=O) groups is 2. The first-order valence-electron chi connectivity index (χ1n) is 6.33. The van der Waals surface area contributed by atoms with E-state index in [1.165, 1.54) is 0 Å². The number of aryl methyl sites for hydroxylation is 1. The normalized spacial score (nSPS) is 24.1. The van der Waals surface area contributed by atoms with Crippen molar-refractivity contribution in [3.8, 4) is 0 Å². The highest BCUT2D eigenvalue weighted by atomic mass is 16.4. The zero-order valence-corrected chi connectivity index (χ0v) is 11.1. The van der Waals surface area contributed by atoms with Crippen molar-refractivity contribution >= 4 is 17.6 Å². The Bertz CT molecular complexity index is 484. The number of hydrogen-bond donors (Lipinski definition) is 2. The number of aliphatic carboxylic acids is 1. The Balaban J connectivity index is 2.30. The summed E-state index contributed by atoms with van der Waals surface area (Å²) in [7, 11) is 0. The largest absolute Gasteiger partial charge is 0.481 e. The standard InChI is InChI=1S/C14H18N2O3/c1-9-3-5-12(6-4-9)16-8-11(14(18)19)7-15-10(2)13(16)17/h3-6,10-11,15H,7-8H2,1-2H3,(H,18,19). The molecule has 1 saturated heterocycles. The lowest BCUT2D eigenvalue weighted by Gasteiger charge is -2.24. The van der Waals surface area contributed by atoms with Crippen molar-refractivity contribution in [2.45, 2.75) is 19.9 Å². The predicted octanol–water partition coefficient (Wildman–Crippen LogP) is 1.02. The maximum atomic E-state index is 12.3. The molecule has 2 unspecified atom stereocenters. The van der Waals surface area contributed by atoms with Crippen LogP contribution in [0.4, 0.5) is 5.69 Å². The lowest BCUT2D eigenvalue weighted by atomic mass is 10.1. The minimum atomic E-state index is -0.883. The topological polar surface area (TPSA) is 69.6 Å². The van der Waals surface area contributed by atoms with E-state index in [9.17, 15) is 9.59 Å². The van der Waals surface area contributed by atoms with Gasteiger partial charge < -0.3 is 15.3 Å². The van der Waals surface area contributed by atoms with Gasteiger partial charge in [0.2, 0.25) is 5.91 Å². The molecule has 0 radical (unpaired) electrons. The summed E-state index contributed by atoms with van der Waals surface area (Å²) in [5, 5.41) is 12.1. The fraction of sp³-hybridized carbons (Fsp3) is 0.429. The van der Waals surface area contributed by atoms with Gasteiger partial charge in [-0.1, -0.05) is 17.7 Å². The van der Waals surface area contributed by atoms with Gasteiger partial charge >= 0.3 is 5.97 Å². The highest BCUT2D eigenvalue weighted by Crippen LogP contribution is 2.20. The lowest BCUT2D eigenvalue weighted by Crippen LogP contribution is -2.41. The van der Waals surface area contributed by atoms with Crippen molar-refractivity contribution in [2.24, 2.45) is 5.92 Å². The van der Waals surface area contributed by atoms with Crippen LogP contribution in [0.5, 0.6) is 0 Å². The molecule has 19 heavy (non-hydrogen) atoms. The minimum absolute atomic E-state index is 0.0902. The number of benzene rings is 1. The van der Waals surface area contributed by atoms with Crippen molar-refractivity contribution < 1.29 is 14.7 Å². The lowest BCUT2D eigenvalue weighted by molar-refractivity contribution is -0.141. The molecule has 0 bridgehead atoms. The second-order valence-electron chi connectivity index (χ2n) is 4.95. The number of hydrogen-bond acceptors (Lipinski definition) is 3. The molecule has 5 heteroatoms. The molecule has 1 aliphatic heterocycles. The summed E-state index contributed by atoms with van der Waals surface area (Å²) in [6.45, 7) is 4.24. The van der Waals surface area contributed by atoms with E-state index in [4.69, 9.17) is 5.11 Å². The molecule has 0 aliphatic carbocycles. The third-order valence-electron chi connectivity index (χ3n) is 3.40. The molecule has 1 fully saturated rings. The van der Waals surface area contributed by atoms with Gasteiger partial charge in [-0.05, 0) is 26.0 Å². The maximum absolute atomic E-state index is 12.3. The van der Waals surface area contributed by atoms with Crippen molar-refractivity contribution in [1.29, 1.82) is 0 Å². The van der Waals surface area contributed by atoms with Crippen LogP contribution >= 0.6 is 0 Å². The van der Waals surface area contributed by atoms with Crippen LogP contribution in [-0.4, -0.2) is 36.1 Å². The van der Waals surface area contributed by atoms with E-state index in [1.807, 2.05) is 31.2 Å². The Morgan fingerprint density at radius 2 is 2.00 bits per heavy atom. The summed E-state index contributed by atoms with van der Waals surface area (Å²) in [6.07, 6.45) is 0. The number of amides is 1. The van der Waals surface area contributed by atoms with Gasteiger partial charge in [-0.2, -0.15) is 0 Å². The third kappa shape index (κ3) is 2.93. The molecule has 1 amide bonds. The van der Waals surface area contributed by atoms with Crippen molar-refractivity contribution in [2.75, 3.05) is 18.0 Å². The monoisotopic (exact) mass is 262 g/mol. The average molecular weight is 262 g/mol. The van der Waals surface area contributed by atoms with Gasteiger partial charge in [0.05, 0.1) is 12.0 Å². The molecule has 2 rings (SSSR count). The molecule has 1 heterocycles. The van der Waals surface area contributed by atoms with E-state index in [2.05, 4.69) is 5.32 Å². The van der Waals surface area contributed by atoms with Gasteiger partial charge in [-0.15, -0.1) is 0 Å². The molecule has 102 valence electrons. The highest BCUT2D eigenvalue weighted by Gasteiger charge is 2.32. The van der Waals surface area contributed by atoms with Crippen LogP contribution in [-0.2, 0) is 9.59 Å². The molecule has 2 atom stereocenters. The summed E-state index contributed by atoms with van der Waals surface area (Å²) < 4.78 is 0. The van der Waals surface area contributed by atoms with Crippen LogP contribution in [0.3, 0.4) is 0 Å². The van der Waals surface area contributed by atoms with Crippen LogP contribution in [0.15, 0.2) is 24.3 Å². The van der Waals surface area contributed by atoms with Crippen LogP contribution in [0, 0.1) is 12.8 Å². The number of rotatable bonds is 2. The molecule has 0 spiro atoms. The Labute approximate surface area is 112 Å². The Hall–Kier alpha value is -1.88. The zero-order valence-electron chi connectivity index (χ0n) is 11.1. The Kier molecular flexibility index (Phi) is 3.85. The molecule has 1 aliphatic rings. The number of anilines is 1. The fourth-order valence-electron chi connectivity index (χ4n) is 2.14. The summed E-state index contributed by atoms with van der Waals surface area (Å²) in [5.41, 5.74) is 1.85. The summed E-state index contributed by atoms with van der Waals surface area (Å²) >= 11 is 0. The van der Waals surface area contributed by atoms with Crippen molar-refractivity contribution in [3.05, 3.63) is 29.8 Å². The average Bonchev–Trinajstić information content (AvgIpc) is 2.52. The van der Waals surface area contributed by atoms with Crippen molar-refractivity contribution in [3.63, 3.8) is 0 Å². The predicted molar refractivity (Wildman–Crippen MR) is 72.1 cm³/mol. The van der Waals surface area contributed by atoms with Gasteiger partial charge in [0.25, 0.3) is 0 Å². The molecule has 0 aromatic heterocycles. The smallest absolute Gasteiger partial charge is 0.309 e. The Morgan fingerprint density at radius 1 is 1.37 bits per heavy atom. The number of nitrogens with one attached hydrogen (secondary N) is 1. The van der Waals surface area contributed by atoms with Gasteiger partial charge in [-0.3, -0.25) is 9.59 Å². The van der Waals surface area contributed by atoms with E-state index in [0.717, 1.165) is 11.3 Å². The molecule has 0 saturated carbocycles. The van der Waals surface area contributed by atoms with E-state index in [1.54, 1.807) is 11.8 Å². The number of carboxylic acids is 1. The van der Waals surface area contributed by atoms with E-state index >= 15 is 0 Å². The van der Waals surface area contributed by atoms with Gasteiger partial charge in [-0.25, -0.2) is 0 Å². The van der Waals surface area contributed by atoms with Gasteiger partial charge in [0.15, 0.2) is 0 Å². The van der Waals surface area contributed by atoms with Gasteiger partial charge in [0.1, 0.15) is 0 Å². The molecule has 2 N–H and O–H groups in total. The first kappa shape index (κ1) is 13.5. The summed E-state index contributed by atoms with van der Waals surface area (Å²) in [4.78, 5) is 25.0. The first-order valence-corrected chi connectivity index (χ1v) is 6.33. The quantitative estimate of drug-likeness (QED) is 0.835. The summed E-state index contributed by atoms with van der Waals surface area (Å²) in [6, 6.07) is 7.17. The molecular weight excluding hydrogens is 244 g/mol. The zero-order chi connectivity index (χ0) is 14.0. The second kappa shape index (κ2) is 5.40. The molecular formula is C14H18N2O3. The van der Waals surface area contributed by atoms with Crippen LogP contribution in [0.1, 0.15) is 12.5 Å². The number of nitrogens with zero attached hydrogens (tertiary/aromatic N) is 1. The molecule has 1 aromatic carbocycles. The van der Waals surface area contributed by atoms with Crippen LogP contribution in [0.25, 0.3) is 0 Å². The SMILES string of the molecule is Cc1ccc(N2CC(C(=O)O)CNC(C)C2=O)cc1. The summed E-state index contributed by atoms with van der Waals surface area (Å²) in [5.74, 6) is -1.56. The second-order valence-corrected chi connectivity index (χ2v) is 4.95. The van der Waals surface area contributed by atoms with E-state index in [0.29, 0.717) is 6.54 Å². The number of carboxylic acid groups (broad SMARTS) is 1. The molecule has 5 nitrogen and oxygen atoms in total. The van der Waals surface area contributed by atoms with Crippen LogP contribution in [0.2, 0.25) is 0 Å². The molecule has 1 aromatic rings. The highest BCUT2D eigenvalue weighted by molar-refractivity contribution is 5.98. The first-order chi connectivity index (χ1) is 8.99. The van der Waals surface area contributed by atoms with E-state index < -0.39 is 11.9 Å².